The third-order valence-electron chi connectivity index (χ3n) is 5.23. The molecule has 1 N–H and O–H groups in total. The van der Waals surface area contributed by atoms with E-state index >= 15 is 0 Å². The van der Waals surface area contributed by atoms with Gasteiger partial charge in [-0.3, -0.25) is 9.59 Å². The van der Waals surface area contributed by atoms with Gasteiger partial charge in [0, 0.05) is 31.6 Å². The van der Waals surface area contributed by atoms with Gasteiger partial charge in [0.2, 0.25) is 11.8 Å². The summed E-state index contributed by atoms with van der Waals surface area (Å²) in [5.74, 6) is 0.157. The topological polar surface area (TPSA) is 52.7 Å². The van der Waals surface area contributed by atoms with Crippen molar-refractivity contribution in [2.75, 3.05) is 26.2 Å². The maximum Gasteiger partial charge on any atom is 0.406 e. The Morgan fingerprint density at radius 3 is 2.50 bits per heavy atom. The number of carbonyl (C=O) groups is 2. The van der Waals surface area contributed by atoms with E-state index in [-0.39, 0.29) is 30.3 Å². The molecule has 8 heteroatoms. The summed E-state index contributed by atoms with van der Waals surface area (Å²) in [4.78, 5) is 27.0. The first-order valence-electron chi connectivity index (χ1n) is 8.65. The molecular weight excluding hydrogens is 323 g/mol. The molecule has 2 amide bonds. The second-order valence-electron chi connectivity index (χ2n) is 7.31. The lowest BCUT2D eigenvalue weighted by Gasteiger charge is -2.38. The summed E-state index contributed by atoms with van der Waals surface area (Å²) >= 11 is 0. The number of hydrogen-bond donors (Lipinski definition) is 1. The molecule has 2 saturated heterocycles. The summed E-state index contributed by atoms with van der Waals surface area (Å²) < 4.78 is 37.4. The molecule has 3 fully saturated rings. The van der Waals surface area contributed by atoms with Gasteiger partial charge in [-0.2, -0.15) is 13.2 Å². The fourth-order valence-electron chi connectivity index (χ4n) is 3.71. The largest absolute Gasteiger partial charge is 0.406 e. The molecular formula is C16H24F3N3O2. The van der Waals surface area contributed by atoms with Crippen LogP contribution in [0.2, 0.25) is 0 Å². The van der Waals surface area contributed by atoms with Crippen LogP contribution in [0.15, 0.2) is 0 Å². The number of alkyl halides is 3. The van der Waals surface area contributed by atoms with E-state index in [0.29, 0.717) is 19.5 Å². The molecule has 0 unspecified atom stereocenters. The van der Waals surface area contributed by atoms with Gasteiger partial charge in [0.05, 0.1) is 6.04 Å². The highest BCUT2D eigenvalue weighted by atomic mass is 19.4. The Kier molecular flexibility index (Phi) is 4.77. The first kappa shape index (κ1) is 17.5. The number of nitrogens with one attached hydrogen (secondary N) is 1. The molecule has 0 aromatic carbocycles. The molecule has 0 radical (unpaired) electrons. The number of hydrogen-bond acceptors (Lipinski definition) is 3. The van der Waals surface area contributed by atoms with E-state index in [4.69, 9.17) is 0 Å². The van der Waals surface area contributed by atoms with Crippen LogP contribution < -0.4 is 5.32 Å². The number of amides is 2. The molecule has 3 rings (SSSR count). The summed E-state index contributed by atoms with van der Waals surface area (Å²) in [5, 5.41) is 3.24. The van der Waals surface area contributed by atoms with E-state index < -0.39 is 24.7 Å². The van der Waals surface area contributed by atoms with E-state index in [2.05, 4.69) is 5.32 Å². The first-order chi connectivity index (χ1) is 11.2. The van der Waals surface area contributed by atoms with Crippen LogP contribution in [0.1, 0.15) is 32.6 Å². The summed E-state index contributed by atoms with van der Waals surface area (Å²) in [6, 6.07) is -0.474. The van der Waals surface area contributed by atoms with E-state index in [0.717, 1.165) is 24.2 Å². The van der Waals surface area contributed by atoms with Gasteiger partial charge < -0.3 is 15.1 Å². The third-order valence-corrected chi connectivity index (χ3v) is 5.23. The molecule has 1 saturated carbocycles. The van der Waals surface area contributed by atoms with E-state index in [9.17, 15) is 22.8 Å². The van der Waals surface area contributed by atoms with Crippen LogP contribution in [-0.4, -0.2) is 66.1 Å². The highest BCUT2D eigenvalue weighted by molar-refractivity contribution is 5.84. The fourth-order valence-corrected chi connectivity index (χ4v) is 3.71. The van der Waals surface area contributed by atoms with Crippen molar-refractivity contribution >= 4 is 11.8 Å². The predicted molar refractivity (Wildman–Crippen MR) is 81.0 cm³/mol. The van der Waals surface area contributed by atoms with Crippen molar-refractivity contribution < 1.29 is 22.8 Å². The highest BCUT2D eigenvalue weighted by Gasteiger charge is 2.41. The lowest BCUT2D eigenvalue weighted by atomic mass is 9.92. The number of nitrogens with zero attached hydrogens (tertiary/aromatic N) is 2. The average Bonchev–Trinajstić information content (AvgIpc) is 3.29. The zero-order valence-electron chi connectivity index (χ0n) is 13.8. The summed E-state index contributed by atoms with van der Waals surface area (Å²) in [5.41, 5.74) is 0. The third kappa shape index (κ3) is 4.02. The molecule has 1 aliphatic carbocycles. The number of piperidine rings is 1. The Hall–Kier alpha value is -1.31. The minimum atomic E-state index is -4.35. The molecule has 136 valence electrons. The van der Waals surface area contributed by atoms with Crippen LogP contribution in [0.4, 0.5) is 13.2 Å². The minimum Gasteiger partial charge on any atom is -0.342 e. The van der Waals surface area contributed by atoms with Crippen LogP contribution >= 0.6 is 0 Å². The Balaban J connectivity index is 1.50. The van der Waals surface area contributed by atoms with Gasteiger partial charge >= 0.3 is 6.18 Å². The number of carbonyl (C=O) groups excluding carboxylic acids is 2. The zero-order valence-corrected chi connectivity index (χ0v) is 13.8. The van der Waals surface area contributed by atoms with Gasteiger partial charge in [-0.15, -0.1) is 0 Å². The van der Waals surface area contributed by atoms with Gasteiger partial charge in [-0.25, -0.2) is 0 Å². The summed E-state index contributed by atoms with van der Waals surface area (Å²) in [6.07, 6.45) is -1.24. The second kappa shape index (κ2) is 6.54. The van der Waals surface area contributed by atoms with Crippen molar-refractivity contribution in [1.29, 1.82) is 0 Å². The first-order valence-corrected chi connectivity index (χ1v) is 8.65. The van der Waals surface area contributed by atoms with Crippen molar-refractivity contribution in [3.05, 3.63) is 0 Å². The number of halogens is 3. The van der Waals surface area contributed by atoms with Crippen LogP contribution in [0.3, 0.4) is 0 Å². The van der Waals surface area contributed by atoms with E-state index in [1.54, 1.807) is 0 Å². The summed E-state index contributed by atoms with van der Waals surface area (Å²) in [6.45, 7) is 2.30. The molecule has 0 aromatic heterocycles. The van der Waals surface area contributed by atoms with Gasteiger partial charge in [0.15, 0.2) is 0 Å². The van der Waals surface area contributed by atoms with Crippen molar-refractivity contribution in [3.63, 3.8) is 0 Å². The van der Waals surface area contributed by atoms with Gasteiger partial charge in [0.1, 0.15) is 6.54 Å². The molecule has 24 heavy (non-hydrogen) atoms. The normalized spacial score (nSPS) is 31.7. The average molecular weight is 347 g/mol. The molecule has 2 heterocycles. The Morgan fingerprint density at radius 2 is 1.92 bits per heavy atom. The Labute approximate surface area is 139 Å². The number of rotatable bonds is 4. The molecule has 0 bridgehead atoms. The Bertz CT molecular complexity index is 507. The molecule has 2 aliphatic heterocycles. The van der Waals surface area contributed by atoms with Crippen LogP contribution in [0.5, 0.6) is 0 Å². The molecule has 0 spiro atoms. The van der Waals surface area contributed by atoms with Crippen molar-refractivity contribution in [3.8, 4) is 0 Å². The minimum absolute atomic E-state index is 0.0630. The maximum absolute atomic E-state index is 12.5. The number of likely N-dealkylation sites (tertiary alicyclic amines) is 2. The molecule has 5 nitrogen and oxygen atoms in total. The quantitative estimate of drug-likeness (QED) is 0.836. The predicted octanol–water partition coefficient (Wildman–Crippen LogP) is 1.39. The zero-order chi connectivity index (χ0) is 17.5. The van der Waals surface area contributed by atoms with Crippen LogP contribution in [0, 0.1) is 11.8 Å². The SMILES string of the molecule is C[C@@H]1CN(C(=O)C2CC2)CC[C@H]1N[C@@H]1CCN(CC(F)(F)F)C1=O. The monoisotopic (exact) mass is 347 g/mol. The smallest absolute Gasteiger partial charge is 0.342 e. The van der Waals surface area contributed by atoms with Crippen LogP contribution in [0.25, 0.3) is 0 Å². The molecule has 0 aromatic rings. The lowest BCUT2D eigenvalue weighted by molar-refractivity contribution is -0.158. The van der Waals surface area contributed by atoms with Gasteiger partial charge in [-0.1, -0.05) is 6.92 Å². The van der Waals surface area contributed by atoms with E-state index in [1.165, 1.54) is 0 Å². The lowest BCUT2D eigenvalue weighted by Crippen LogP contribution is -2.54. The Morgan fingerprint density at radius 1 is 1.21 bits per heavy atom. The van der Waals surface area contributed by atoms with E-state index in [1.807, 2.05) is 11.8 Å². The van der Waals surface area contributed by atoms with Gasteiger partial charge in [-0.05, 0) is 31.6 Å². The molecule has 3 atom stereocenters. The van der Waals surface area contributed by atoms with Crippen LogP contribution in [-0.2, 0) is 9.59 Å². The van der Waals surface area contributed by atoms with Gasteiger partial charge in [0.25, 0.3) is 0 Å². The summed E-state index contributed by atoms with van der Waals surface area (Å²) in [7, 11) is 0. The maximum atomic E-state index is 12.5. The van der Waals surface area contributed by atoms with Crippen molar-refractivity contribution in [2.45, 2.75) is 50.9 Å². The van der Waals surface area contributed by atoms with Crippen molar-refractivity contribution in [2.24, 2.45) is 11.8 Å². The highest BCUT2D eigenvalue weighted by Crippen LogP contribution is 2.32. The molecule has 3 aliphatic rings. The van der Waals surface area contributed by atoms with Crippen molar-refractivity contribution in [1.82, 2.24) is 15.1 Å². The second-order valence-corrected chi connectivity index (χ2v) is 7.31. The standard InChI is InChI=1S/C16H24F3N3O2/c1-10-8-21(14(23)11-2-3-11)6-4-12(10)20-13-5-7-22(15(13)24)9-16(17,18)19/h10-13,20H,2-9H2,1H3/t10-,12-,13-/m1/s1. The fraction of sp³-hybridized carbons (Fsp3) is 0.875.